The normalized spacial score (nSPS) is 23.3. The monoisotopic (exact) mass is 425 g/mol. The highest BCUT2D eigenvalue weighted by Gasteiger charge is 2.41. The number of benzene rings is 2. The molecule has 158 valence electrons. The first-order chi connectivity index (χ1) is 14.9. The molecule has 2 heterocycles. The van der Waals surface area contributed by atoms with Gasteiger partial charge in [-0.1, -0.05) is 51.5 Å². The summed E-state index contributed by atoms with van der Waals surface area (Å²) in [5, 5.41) is 4.08. The first-order valence-electron chi connectivity index (χ1n) is 11.8. The number of rotatable bonds is 2. The van der Waals surface area contributed by atoms with Gasteiger partial charge >= 0.3 is 0 Å². The van der Waals surface area contributed by atoms with E-state index in [1.165, 1.54) is 63.2 Å². The molecule has 0 saturated heterocycles. The molecule has 2 aromatic heterocycles. The minimum absolute atomic E-state index is 0.0864. The number of thiophene rings is 1. The molecule has 2 aliphatic carbocycles. The van der Waals surface area contributed by atoms with Crippen LogP contribution < -0.4 is 0 Å². The zero-order valence-electron chi connectivity index (χ0n) is 19.0. The van der Waals surface area contributed by atoms with Crippen LogP contribution in [0.1, 0.15) is 68.4 Å². The molecule has 2 aliphatic rings. The minimum atomic E-state index is 0.0864. The van der Waals surface area contributed by atoms with Gasteiger partial charge in [0, 0.05) is 16.6 Å². The average Bonchev–Trinajstić information content (AvgIpc) is 3.47. The zero-order chi connectivity index (χ0) is 21.3. The van der Waals surface area contributed by atoms with Crippen molar-refractivity contribution in [3.63, 3.8) is 0 Å². The van der Waals surface area contributed by atoms with Gasteiger partial charge in [0.15, 0.2) is 0 Å². The molecule has 3 atom stereocenters. The van der Waals surface area contributed by atoms with E-state index in [4.69, 9.17) is 4.98 Å². The Hall–Kier alpha value is -2.19. The summed E-state index contributed by atoms with van der Waals surface area (Å²) in [6, 6.07) is 15.8. The lowest BCUT2D eigenvalue weighted by Gasteiger charge is -2.22. The van der Waals surface area contributed by atoms with Crippen molar-refractivity contribution in [2.24, 2.45) is 11.8 Å². The van der Waals surface area contributed by atoms with E-state index >= 15 is 0 Å². The molecule has 4 aromatic rings. The summed E-state index contributed by atoms with van der Waals surface area (Å²) in [5.74, 6) is 2.68. The molecule has 1 nitrogen and oxygen atoms in total. The van der Waals surface area contributed by atoms with Gasteiger partial charge in [-0.2, -0.15) is 0 Å². The minimum Gasteiger partial charge on any atom is -0.255 e. The molecule has 2 bridgehead atoms. The van der Waals surface area contributed by atoms with Gasteiger partial charge in [0.05, 0.1) is 10.4 Å². The predicted octanol–water partition coefficient (Wildman–Crippen LogP) is 8.63. The van der Waals surface area contributed by atoms with Gasteiger partial charge in [0.2, 0.25) is 0 Å². The smallest absolute Gasteiger partial charge is 0.0880 e. The Morgan fingerprint density at radius 1 is 0.968 bits per heavy atom. The summed E-state index contributed by atoms with van der Waals surface area (Å²) in [4.78, 5) is 6.59. The third-order valence-electron chi connectivity index (χ3n) is 7.91. The van der Waals surface area contributed by atoms with E-state index in [9.17, 15) is 0 Å². The second-order valence-corrected chi connectivity index (χ2v) is 12.0. The van der Waals surface area contributed by atoms with E-state index in [0.717, 1.165) is 23.4 Å². The lowest BCUT2D eigenvalue weighted by molar-refractivity contribution is 0.424. The third-order valence-corrected chi connectivity index (χ3v) is 9.35. The second kappa shape index (κ2) is 6.90. The Bertz CT molecular complexity index is 1310. The molecule has 6 rings (SSSR count). The van der Waals surface area contributed by atoms with Crippen LogP contribution in [0.5, 0.6) is 0 Å². The molecular weight excluding hydrogens is 394 g/mol. The van der Waals surface area contributed by atoms with Crippen LogP contribution in [0.3, 0.4) is 0 Å². The van der Waals surface area contributed by atoms with Gasteiger partial charge in [-0.15, -0.1) is 11.3 Å². The fourth-order valence-corrected chi connectivity index (χ4v) is 7.88. The summed E-state index contributed by atoms with van der Waals surface area (Å²) < 4.78 is 1.38. The number of fused-ring (bicyclic) bond motifs is 4. The van der Waals surface area contributed by atoms with Crippen LogP contribution in [0.4, 0.5) is 0 Å². The predicted molar refractivity (Wildman–Crippen MR) is 134 cm³/mol. The largest absolute Gasteiger partial charge is 0.255 e. The van der Waals surface area contributed by atoms with Crippen molar-refractivity contribution in [1.82, 2.24) is 4.98 Å². The van der Waals surface area contributed by atoms with Crippen molar-refractivity contribution in [3.05, 3.63) is 64.7 Å². The van der Waals surface area contributed by atoms with Crippen molar-refractivity contribution in [3.8, 4) is 11.3 Å². The number of nitrogens with zero attached hydrogens (tertiary/aromatic N) is 1. The van der Waals surface area contributed by atoms with Crippen molar-refractivity contribution in [2.45, 2.75) is 64.7 Å². The summed E-state index contributed by atoms with van der Waals surface area (Å²) in [6.07, 6.45) is 7.79. The summed E-state index contributed by atoms with van der Waals surface area (Å²) in [6.45, 7) is 9.30. The van der Waals surface area contributed by atoms with Crippen LogP contribution >= 0.6 is 11.3 Å². The molecule has 2 fully saturated rings. The lowest BCUT2D eigenvalue weighted by atomic mass is 9.82. The second-order valence-electron chi connectivity index (χ2n) is 10.9. The van der Waals surface area contributed by atoms with Gasteiger partial charge in [0.1, 0.15) is 0 Å². The highest BCUT2D eigenvalue weighted by Crippen LogP contribution is 2.56. The van der Waals surface area contributed by atoms with Gasteiger partial charge in [-0.05, 0) is 94.8 Å². The van der Waals surface area contributed by atoms with Gasteiger partial charge in [0.25, 0.3) is 0 Å². The highest BCUT2D eigenvalue weighted by molar-refractivity contribution is 7.20. The maximum Gasteiger partial charge on any atom is 0.0880 e. The molecule has 0 spiro atoms. The number of aromatic nitrogens is 1. The molecule has 2 heteroatoms. The average molecular weight is 426 g/mol. The quantitative estimate of drug-likeness (QED) is 0.313. The van der Waals surface area contributed by atoms with Crippen LogP contribution in [0.15, 0.2) is 48.7 Å². The first-order valence-corrected chi connectivity index (χ1v) is 12.6. The first kappa shape index (κ1) is 19.5. The van der Waals surface area contributed by atoms with E-state index < -0.39 is 0 Å². The van der Waals surface area contributed by atoms with Crippen molar-refractivity contribution >= 4 is 32.2 Å². The van der Waals surface area contributed by atoms with Gasteiger partial charge in [-0.25, -0.2) is 0 Å². The lowest BCUT2D eigenvalue weighted by Crippen LogP contribution is -2.12. The summed E-state index contributed by atoms with van der Waals surface area (Å²) in [5.41, 5.74) is 5.42. The third kappa shape index (κ3) is 3.06. The number of pyridine rings is 1. The maximum atomic E-state index is 4.95. The molecule has 0 radical (unpaired) electrons. The van der Waals surface area contributed by atoms with E-state index in [1.807, 2.05) is 17.5 Å². The van der Waals surface area contributed by atoms with E-state index in [0.29, 0.717) is 0 Å². The molecule has 0 amide bonds. The Balaban J connectivity index is 1.55. The SMILES string of the molecule is Cc1c(C2CC3CCC2C3)sc2c(-c3cc(C(C)(C)C)c4ccccc4c3)nccc12. The van der Waals surface area contributed by atoms with Crippen molar-refractivity contribution in [1.29, 1.82) is 0 Å². The van der Waals surface area contributed by atoms with Crippen LogP contribution in [0.25, 0.3) is 32.1 Å². The van der Waals surface area contributed by atoms with Crippen molar-refractivity contribution < 1.29 is 0 Å². The topological polar surface area (TPSA) is 12.9 Å². The Kier molecular flexibility index (Phi) is 4.34. The fourth-order valence-electron chi connectivity index (χ4n) is 6.36. The van der Waals surface area contributed by atoms with E-state index in [-0.39, 0.29) is 5.41 Å². The molecule has 2 aromatic carbocycles. The summed E-state index contributed by atoms with van der Waals surface area (Å²) in [7, 11) is 0. The Morgan fingerprint density at radius 3 is 2.55 bits per heavy atom. The molecule has 2 saturated carbocycles. The Morgan fingerprint density at radius 2 is 1.81 bits per heavy atom. The van der Waals surface area contributed by atoms with E-state index in [2.05, 4.69) is 70.2 Å². The fraction of sp³-hybridized carbons (Fsp3) is 0.414. The number of aryl methyl sites for hydroxylation is 1. The van der Waals surface area contributed by atoms with Crippen LogP contribution in [0, 0.1) is 18.8 Å². The molecule has 31 heavy (non-hydrogen) atoms. The molecule has 0 N–H and O–H groups in total. The Labute approximate surface area is 189 Å². The van der Waals surface area contributed by atoms with Crippen LogP contribution in [0.2, 0.25) is 0 Å². The zero-order valence-corrected chi connectivity index (χ0v) is 19.9. The number of hydrogen-bond acceptors (Lipinski definition) is 2. The van der Waals surface area contributed by atoms with Crippen LogP contribution in [-0.2, 0) is 5.41 Å². The molecule has 0 aliphatic heterocycles. The van der Waals surface area contributed by atoms with Gasteiger partial charge < -0.3 is 0 Å². The van der Waals surface area contributed by atoms with E-state index in [1.54, 1.807) is 4.88 Å². The van der Waals surface area contributed by atoms with Gasteiger partial charge in [-0.3, -0.25) is 4.98 Å². The molecule has 3 unspecified atom stereocenters. The number of hydrogen-bond donors (Lipinski definition) is 0. The molecular formula is C29H31NS. The standard InChI is InChI=1S/C29H31NS/c1-17-22-11-12-30-26(28(22)31-27(17)24-14-18-9-10-20(24)13-18)21-15-19-7-5-6-8-23(19)25(16-21)29(2,3)4/h5-8,11-12,15-16,18,20,24H,9-10,13-14H2,1-4H3. The summed E-state index contributed by atoms with van der Waals surface area (Å²) >= 11 is 2.04. The maximum absolute atomic E-state index is 4.95. The highest BCUT2D eigenvalue weighted by atomic mass is 32.1. The van der Waals surface area contributed by atoms with Crippen LogP contribution in [-0.4, -0.2) is 4.98 Å². The van der Waals surface area contributed by atoms with Crippen molar-refractivity contribution in [2.75, 3.05) is 0 Å².